The third-order valence-electron chi connectivity index (χ3n) is 3.11. The Morgan fingerprint density at radius 2 is 2.00 bits per heavy atom. The number of hydrogen-bond donors (Lipinski definition) is 1. The summed E-state index contributed by atoms with van der Waals surface area (Å²) >= 11 is 0. The minimum atomic E-state index is -0.0627. The summed E-state index contributed by atoms with van der Waals surface area (Å²) in [5.74, 6) is 0.529. The first-order valence-corrected chi connectivity index (χ1v) is 6.87. The van der Waals surface area contributed by atoms with Gasteiger partial charge in [-0.2, -0.15) is 5.10 Å². The largest absolute Gasteiger partial charge is 0.330 e. The van der Waals surface area contributed by atoms with Crippen LogP contribution in [0.4, 0.5) is 0 Å². The zero-order chi connectivity index (χ0) is 13.9. The summed E-state index contributed by atoms with van der Waals surface area (Å²) in [5.41, 5.74) is 6.52. The molecule has 0 aromatic heterocycles. The molecule has 1 atom stereocenters. The predicted octanol–water partition coefficient (Wildman–Crippen LogP) is 2.24. The maximum absolute atomic E-state index is 12.4. The predicted molar refractivity (Wildman–Crippen MR) is 75.2 cm³/mol. The monoisotopic (exact) mass is 253 g/mol. The Morgan fingerprint density at radius 1 is 1.39 bits per heavy atom. The summed E-state index contributed by atoms with van der Waals surface area (Å²) in [5, 5.41) is 6.23. The summed E-state index contributed by atoms with van der Waals surface area (Å²) in [6, 6.07) is 0. The van der Waals surface area contributed by atoms with Gasteiger partial charge in [-0.15, -0.1) is 0 Å². The molecule has 1 aliphatic heterocycles. The van der Waals surface area contributed by atoms with E-state index in [0.29, 0.717) is 19.0 Å². The van der Waals surface area contributed by atoms with Crippen LogP contribution in [-0.2, 0) is 4.79 Å². The van der Waals surface area contributed by atoms with Crippen LogP contribution in [0.15, 0.2) is 5.10 Å². The minimum Gasteiger partial charge on any atom is -0.330 e. The van der Waals surface area contributed by atoms with E-state index in [1.165, 1.54) is 0 Å². The summed E-state index contributed by atoms with van der Waals surface area (Å²) in [7, 11) is 0. The molecule has 0 saturated carbocycles. The molecule has 0 bridgehead atoms. The number of carbonyl (C=O) groups excluding carboxylic acids is 1. The van der Waals surface area contributed by atoms with Crippen molar-refractivity contribution in [1.82, 2.24) is 5.01 Å². The number of hydrazone groups is 1. The molecule has 0 aromatic carbocycles. The molecule has 1 rings (SSSR count). The zero-order valence-corrected chi connectivity index (χ0v) is 12.4. The van der Waals surface area contributed by atoms with Gasteiger partial charge in [0, 0.05) is 12.0 Å². The van der Waals surface area contributed by atoms with Gasteiger partial charge >= 0.3 is 0 Å². The maximum Gasteiger partial charge on any atom is 0.251 e. The quantitative estimate of drug-likeness (QED) is 0.817. The van der Waals surface area contributed by atoms with Crippen molar-refractivity contribution in [2.24, 2.45) is 28.1 Å². The molecule has 1 unspecified atom stereocenters. The van der Waals surface area contributed by atoms with Crippen LogP contribution in [0.5, 0.6) is 0 Å². The van der Waals surface area contributed by atoms with Crippen LogP contribution in [0, 0.1) is 17.3 Å². The molecule has 0 radical (unpaired) electrons. The second-order valence-corrected chi connectivity index (χ2v) is 6.53. The highest BCUT2D eigenvalue weighted by Gasteiger charge is 2.40. The molecule has 2 N–H and O–H groups in total. The average Bonchev–Trinajstić information content (AvgIpc) is 2.52. The van der Waals surface area contributed by atoms with Crippen molar-refractivity contribution in [1.29, 1.82) is 0 Å². The highest BCUT2D eigenvalue weighted by atomic mass is 16.2. The molecule has 1 heterocycles. The number of carbonyl (C=O) groups is 1. The minimum absolute atomic E-state index is 0.0549. The van der Waals surface area contributed by atoms with Gasteiger partial charge in [0.2, 0.25) is 0 Å². The first-order valence-electron chi connectivity index (χ1n) is 6.87. The van der Waals surface area contributed by atoms with Crippen molar-refractivity contribution in [2.75, 3.05) is 13.1 Å². The van der Waals surface area contributed by atoms with E-state index in [0.717, 1.165) is 18.6 Å². The molecule has 0 aliphatic carbocycles. The summed E-state index contributed by atoms with van der Waals surface area (Å²) in [6.45, 7) is 11.9. The van der Waals surface area contributed by atoms with Gasteiger partial charge in [0.25, 0.3) is 5.91 Å². The molecule has 18 heavy (non-hydrogen) atoms. The third-order valence-corrected chi connectivity index (χ3v) is 3.11. The fourth-order valence-electron chi connectivity index (χ4n) is 2.28. The van der Waals surface area contributed by atoms with Crippen LogP contribution in [0.1, 0.15) is 47.5 Å². The van der Waals surface area contributed by atoms with Crippen LogP contribution >= 0.6 is 0 Å². The van der Waals surface area contributed by atoms with E-state index in [9.17, 15) is 4.79 Å². The van der Waals surface area contributed by atoms with E-state index in [1.54, 1.807) is 5.01 Å². The molecular weight excluding hydrogens is 226 g/mol. The second kappa shape index (κ2) is 5.83. The Hall–Kier alpha value is -0.900. The Labute approximate surface area is 111 Å². The summed E-state index contributed by atoms with van der Waals surface area (Å²) in [4.78, 5) is 12.4. The van der Waals surface area contributed by atoms with E-state index in [-0.39, 0.29) is 17.2 Å². The van der Waals surface area contributed by atoms with Crippen molar-refractivity contribution < 1.29 is 4.79 Å². The van der Waals surface area contributed by atoms with Crippen molar-refractivity contribution in [2.45, 2.75) is 47.5 Å². The molecule has 104 valence electrons. The lowest BCUT2D eigenvalue weighted by Gasteiger charge is -2.22. The summed E-state index contributed by atoms with van der Waals surface area (Å²) < 4.78 is 0. The van der Waals surface area contributed by atoms with Crippen LogP contribution < -0.4 is 5.73 Å². The molecule has 0 spiro atoms. The lowest BCUT2D eigenvalue weighted by molar-refractivity contribution is -0.132. The Kier molecular flexibility index (Phi) is 4.91. The zero-order valence-electron chi connectivity index (χ0n) is 12.4. The second-order valence-electron chi connectivity index (χ2n) is 6.53. The van der Waals surface area contributed by atoms with Gasteiger partial charge in [-0.1, -0.05) is 34.6 Å². The van der Waals surface area contributed by atoms with Gasteiger partial charge in [0.05, 0.1) is 11.6 Å². The van der Waals surface area contributed by atoms with Crippen molar-refractivity contribution in [3.05, 3.63) is 0 Å². The van der Waals surface area contributed by atoms with Crippen LogP contribution in [-0.4, -0.2) is 29.7 Å². The maximum atomic E-state index is 12.4. The van der Waals surface area contributed by atoms with Crippen LogP contribution in [0.25, 0.3) is 0 Å². The average molecular weight is 253 g/mol. The normalized spacial score (nSPS) is 20.8. The topological polar surface area (TPSA) is 58.7 Å². The number of hydrogen-bond acceptors (Lipinski definition) is 3. The van der Waals surface area contributed by atoms with Gasteiger partial charge in [-0.3, -0.25) is 4.79 Å². The smallest absolute Gasteiger partial charge is 0.251 e. The fraction of sp³-hybridized carbons (Fsp3) is 0.857. The lowest BCUT2D eigenvalue weighted by atomic mass is 9.80. The molecule has 0 fully saturated rings. The van der Waals surface area contributed by atoms with Crippen molar-refractivity contribution in [3.63, 3.8) is 0 Å². The third kappa shape index (κ3) is 3.55. The first kappa shape index (κ1) is 15.2. The van der Waals surface area contributed by atoms with Gasteiger partial charge in [-0.25, -0.2) is 5.01 Å². The van der Waals surface area contributed by atoms with Crippen molar-refractivity contribution >= 4 is 11.6 Å². The SMILES string of the molecule is CC(C)CN1N=C(C(C)(C)C)C(CCCN)C1=O. The fourth-order valence-corrected chi connectivity index (χ4v) is 2.28. The molecule has 0 saturated heterocycles. The Morgan fingerprint density at radius 3 is 2.44 bits per heavy atom. The standard InChI is InChI=1S/C14H27N3O/c1-10(2)9-17-13(18)11(7-6-8-15)12(16-17)14(3,4)5/h10-11H,6-9,15H2,1-5H3. The molecular formula is C14H27N3O. The first-order chi connectivity index (χ1) is 8.27. The molecule has 0 aromatic rings. The van der Waals surface area contributed by atoms with Gasteiger partial charge in [-0.05, 0) is 25.3 Å². The van der Waals surface area contributed by atoms with Gasteiger partial charge in [0.15, 0.2) is 0 Å². The number of amides is 1. The molecule has 1 amide bonds. The molecule has 4 nitrogen and oxygen atoms in total. The van der Waals surface area contributed by atoms with Crippen LogP contribution in [0.3, 0.4) is 0 Å². The van der Waals surface area contributed by atoms with Crippen molar-refractivity contribution in [3.8, 4) is 0 Å². The lowest BCUT2D eigenvalue weighted by Crippen LogP contribution is -2.33. The highest BCUT2D eigenvalue weighted by molar-refractivity contribution is 6.10. The van der Waals surface area contributed by atoms with Crippen LogP contribution in [0.2, 0.25) is 0 Å². The van der Waals surface area contributed by atoms with E-state index in [2.05, 4.69) is 39.7 Å². The molecule has 4 heteroatoms. The van der Waals surface area contributed by atoms with E-state index < -0.39 is 0 Å². The number of nitrogens with two attached hydrogens (primary N) is 1. The van der Waals surface area contributed by atoms with Gasteiger partial charge in [0.1, 0.15) is 0 Å². The van der Waals surface area contributed by atoms with E-state index >= 15 is 0 Å². The highest BCUT2D eigenvalue weighted by Crippen LogP contribution is 2.31. The number of nitrogens with zero attached hydrogens (tertiary/aromatic N) is 2. The Balaban J connectivity index is 2.89. The number of rotatable bonds is 5. The Bertz CT molecular complexity index is 328. The van der Waals surface area contributed by atoms with E-state index in [4.69, 9.17) is 5.73 Å². The van der Waals surface area contributed by atoms with E-state index in [1.807, 2.05) is 0 Å². The molecule has 1 aliphatic rings. The summed E-state index contributed by atoms with van der Waals surface area (Å²) in [6.07, 6.45) is 1.70. The van der Waals surface area contributed by atoms with Gasteiger partial charge < -0.3 is 5.73 Å².